The Morgan fingerprint density at radius 1 is 1.11 bits per heavy atom. The maximum Gasteiger partial charge on any atom is 0.255 e. The Morgan fingerprint density at radius 3 is 2.68 bits per heavy atom. The molecule has 0 radical (unpaired) electrons. The summed E-state index contributed by atoms with van der Waals surface area (Å²) in [6, 6.07) is 14.5. The summed E-state index contributed by atoms with van der Waals surface area (Å²) in [5.74, 6) is 0.415. The Balaban J connectivity index is 1.95. The molecule has 94 valence electrons. The zero-order valence-corrected chi connectivity index (χ0v) is 10.4. The fraction of sp³-hybridized carbons (Fsp3) is 0.0667. The van der Waals surface area contributed by atoms with Gasteiger partial charge in [0.1, 0.15) is 5.52 Å². The molecule has 0 unspecified atom stereocenters. The highest BCUT2D eigenvalue weighted by molar-refractivity contribution is 6.07. The maximum absolute atomic E-state index is 12.1. The molecule has 0 aliphatic heterocycles. The number of para-hydroxylation sites is 1. The van der Waals surface area contributed by atoms with E-state index in [-0.39, 0.29) is 5.91 Å². The van der Waals surface area contributed by atoms with Crippen molar-refractivity contribution >= 4 is 22.7 Å². The third-order valence-corrected chi connectivity index (χ3v) is 2.81. The van der Waals surface area contributed by atoms with Crippen LogP contribution in [0, 0.1) is 6.92 Å². The summed E-state index contributed by atoms with van der Waals surface area (Å²) in [4.78, 5) is 16.3. The quantitative estimate of drug-likeness (QED) is 0.760. The largest absolute Gasteiger partial charge is 0.439 e. The molecule has 0 spiro atoms. The summed E-state index contributed by atoms with van der Waals surface area (Å²) in [5, 5.41) is 2.84. The first-order valence-electron chi connectivity index (χ1n) is 5.96. The Bertz CT molecular complexity index is 732. The number of nitrogens with zero attached hydrogens (tertiary/aromatic N) is 1. The molecule has 3 aromatic rings. The van der Waals surface area contributed by atoms with Crippen molar-refractivity contribution in [2.75, 3.05) is 5.32 Å². The zero-order chi connectivity index (χ0) is 13.2. The minimum Gasteiger partial charge on any atom is -0.439 e. The number of carbonyl (C=O) groups excluding carboxylic acids is 1. The van der Waals surface area contributed by atoms with E-state index in [0.29, 0.717) is 22.7 Å². The van der Waals surface area contributed by atoms with Crippen LogP contribution in [0.25, 0.3) is 11.1 Å². The van der Waals surface area contributed by atoms with Crippen LogP contribution in [-0.4, -0.2) is 10.9 Å². The van der Waals surface area contributed by atoms with Crippen molar-refractivity contribution in [3.63, 3.8) is 0 Å². The number of aryl methyl sites for hydroxylation is 1. The lowest BCUT2D eigenvalue weighted by molar-refractivity contribution is 0.102. The molecule has 0 saturated heterocycles. The number of oxazole rings is 1. The number of rotatable bonds is 2. The van der Waals surface area contributed by atoms with Crippen molar-refractivity contribution in [2.24, 2.45) is 0 Å². The van der Waals surface area contributed by atoms with Gasteiger partial charge in [-0.25, -0.2) is 4.98 Å². The van der Waals surface area contributed by atoms with Crippen LogP contribution in [0.1, 0.15) is 16.2 Å². The van der Waals surface area contributed by atoms with E-state index in [4.69, 9.17) is 4.42 Å². The smallest absolute Gasteiger partial charge is 0.255 e. The molecule has 0 aliphatic rings. The van der Waals surface area contributed by atoms with E-state index in [1.807, 2.05) is 30.3 Å². The Labute approximate surface area is 110 Å². The lowest BCUT2D eigenvalue weighted by atomic mass is 10.2. The molecular formula is C15H12N2O2. The number of nitrogens with one attached hydrogen (secondary N) is 1. The number of carbonyl (C=O) groups is 1. The van der Waals surface area contributed by atoms with Gasteiger partial charge in [0.25, 0.3) is 5.91 Å². The van der Waals surface area contributed by atoms with Gasteiger partial charge in [0.05, 0.1) is 5.69 Å². The number of amides is 1. The Hall–Kier alpha value is -2.62. The van der Waals surface area contributed by atoms with Crippen molar-refractivity contribution in [1.29, 1.82) is 0 Å². The molecule has 1 amide bonds. The van der Waals surface area contributed by atoms with Crippen molar-refractivity contribution in [1.82, 2.24) is 4.98 Å². The zero-order valence-electron chi connectivity index (χ0n) is 10.4. The summed E-state index contributed by atoms with van der Waals surface area (Å²) >= 11 is 0. The normalized spacial score (nSPS) is 10.6. The summed E-state index contributed by atoms with van der Waals surface area (Å²) < 4.78 is 5.51. The van der Waals surface area contributed by atoms with Gasteiger partial charge in [0.2, 0.25) is 0 Å². The summed E-state index contributed by atoms with van der Waals surface area (Å²) in [6.07, 6.45) is 0. The Kier molecular flexibility index (Phi) is 2.76. The molecule has 4 nitrogen and oxygen atoms in total. The lowest BCUT2D eigenvalue weighted by Gasteiger charge is -2.05. The fourth-order valence-corrected chi connectivity index (χ4v) is 1.94. The van der Waals surface area contributed by atoms with Crippen LogP contribution in [0.5, 0.6) is 0 Å². The molecule has 19 heavy (non-hydrogen) atoms. The number of fused-ring (bicyclic) bond motifs is 1. The molecule has 0 atom stereocenters. The highest BCUT2D eigenvalue weighted by Gasteiger charge is 2.11. The van der Waals surface area contributed by atoms with E-state index in [2.05, 4.69) is 10.3 Å². The van der Waals surface area contributed by atoms with Gasteiger partial charge in [-0.1, -0.05) is 24.3 Å². The van der Waals surface area contributed by atoms with Crippen LogP contribution in [-0.2, 0) is 0 Å². The third kappa shape index (κ3) is 2.20. The van der Waals surface area contributed by atoms with E-state index in [1.54, 1.807) is 25.1 Å². The molecule has 0 aliphatic carbocycles. The van der Waals surface area contributed by atoms with Crippen LogP contribution in [0.3, 0.4) is 0 Å². The minimum atomic E-state index is -0.165. The number of aromatic nitrogens is 1. The number of benzene rings is 2. The van der Waals surface area contributed by atoms with Gasteiger partial charge in [0.15, 0.2) is 11.5 Å². The molecule has 1 N–H and O–H groups in total. The second kappa shape index (κ2) is 4.57. The first kappa shape index (κ1) is 11.5. The van der Waals surface area contributed by atoms with Gasteiger partial charge in [-0.05, 0) is 24.3 Å². The van der Waals surface area contributed by atoms with E-state index >= 15 is 0 Å². The summed E-state index contributed by atoms with van der Waals surface area (Å²) in [7, 11) is 0. The van der Waals surface area contributed by atoms with Gasteiger partial charge < -0.3 is 9.73 Å². The second-order valence-corrected chi connectivity index (χ2v) is 4.21. The van der Waals surface area contributed by atoms with Gasteiger partial charge >= 0.3 is 0 Å². The van der Waals surface area contributed by atoms with Crippen LogP contribution < -0.4 is 5.32 Å². The van der Waals surface area contributed by atoms with Crippen molar-refractivity contribution in [2.45, 2.75) is 6.92 Å². The van der Waals surface area contributed by atoms with Crippen LogP contribution in [0.2, 0.25) is 0 Å². The average molecular weight is 252 g/mol. The van der Waals surface area contributed by atoms with Gasteiger partial charge in [-0.2, -0.15) is 0 Å². The van der Waals surface area contributed by atoms with Crippen molar-refractivity contribution in [3.8, 4) is 0 Å². The molecule has 0 fully saturated rings. The predicted molar refractivity (Wildman–Crippen MR) is 73.1 cm³/mol. The predicted octanol–water partition coefficient (Wildman–Crippen LogP) is 3.39. The molecule has 1 aromatic heterocycles. The van der Waals surface area contributed by atoms with Crippen molar-refractivity contribution in [3.05, 3.63) is 60.0 Å². The van der Waals surface area contributed by atoms with E-state index < -0.39 is 0 Å². The standard InChI is InChI=1S/C15H12N2O2/c1-10-16-12-8-5-9-13(14(12)19-10)17-15(18)11-6-3-2-4-7-11/h2-9H,1H3,(H,17,18). The first-order chi connectivity index (χ1) is 9.24. The first-order valence-corrected chi connectivity index (χ1v) is 5.96. The van der Waals surface area contributed by atoms with Gasteiger partial charge in [-0.3, -0.25) is 4.79 Å². The third-order valence-electron chi connectivity index (χ3n) is 2.81. The number of anilines is 1. The Morgan fingerprint density at radius 2 is 1.89 bits per heavy atom. The maximum atomic E-state index is 12.1. The van der Waals surface area contributed by atoms with E-state index in [1.165, 1.54) is 0 Å². The van der Waals surface area contributed by atoms with E-state index in [0.717, 1.165) is 5.52 Å². The van der Waals surface area contributed by atoms with Gasteiger partial charge in [-0.15, -0.1) is 0 Å². The summed E-state index contributed by atoms with van der Waals surface area (Å²) in [6.45, 7) is 1.78. The van der Waals surface area contributed by atoms with Crippen LogP contribution in [0.15, 0.2) is 52.9 Å². The number of hydrogen-bond acceptors (Lipinski definition) is 3. The molecule has 0 bridgehead atoms. The average Bonchev–Trinajstić information content (AvgIpc) is 2.81. The van der Waals surface area contributed by atoms with Crippen molar-refractivity contribution < 1.29 is 9.21 Å². The SMILES string of the molecule is Cc1nc2cccc(NC(=O)c3ccccc3)c2o1. The highest BCUT2D eigenvalue weighted by Crippen LogP contribution is 2.24. The van der Waals surface area contributed by atoms with Gasteiger partial charge in [0, 0.05) is 12.5 Å². The van der Waals surface area contributed by atoms with E-state index in [9.17, 15) is 4.79 Å². The monoisotopic (exact) mass is 252 g/mol. The molecule has 3 rings (SSSR count). The summed E-state index contributed by atoms with van der Waals surface area (Å²) in [5.41, 5.74) is 2.58. The van der Waals surface area contributed by atoms with Crippen LogP contribution >= 0.6 is 0 Å². The molecule has 1 heterocycles. The highest BCUT2D eigenvalue weighted by atomic mass is 16.3. The second-order valence-electron chi connectivity index (χ2n) is 4.21. The molecular weight excluding hydrogens is 240 g/mol. The minimum absolute atomic E-state index is 0.165. The lowest BCUT2D eigenvalue weighted by Crippen LogP contribution is -2.11. The fourth-order valence-electron chi connectivity index (χ4n) is 1.94. The number of hydrogen-bond donors (Lipinski definition) is 1. The molecule has 0 saturated carbocycles. The molecule has 4 heteroatoms. The molecule has 2 aromatic carbocycles. The topological polar surface area (TPSA) is 55.1 Å². The van der Waals surface area contributed by atoms with Crippen LogP contribution in [0.4, 0.5) is 5.69 Å².